The van der Waals surface area contributed by atoms with Crippen LogP contribution in [-0.2, 0) is 0 Å². The van der Waals surface area contributed by atoms with Gasteiger partial charge in [-0.3, -0.25) is 0 Å². The van der Waals surface area contributed by atoms with Crippen LogP contribution in [-0.4, -0.2) is 4.98 Å². The summed E-state index contributed by atoms with van der Waals surface area (Å²) < 4.78 is 14.3. The summed E-state index contributed by atoms with van der Waals surface area (Å²) in [5.74, 6) is -0.322. The van der Waals surface area contributed by atoms with Crippen molar-refractivity contribution in [1.82, 2.24) is 4.98 Å². The van der Waals surface area contributed by atoms with Crippen LogP contribution < -0.4 is 0 Å². The minimum absolute atomic E-state index is 0.322. The van der Waals surface area contributed by atoms with Gasteiger partial charge in [0, 0.05) is 14.7 Å². The van der Waals surface area contributed by atoms with E-state index in [1.165, 1.54) is 6.07 Å². The zero-order valence-corrected chi connectivity index (χ0v) is 10.2. The quantitative estimate of drug-likeness (QED) is 0.670. The molecule has 0 aliphatic rings. The number of pyridine rings is 1. The number of aromatic nitrogens is 1. The van der Waals surface area contributed by atoms with Crippen molar-refractivity contribution in [1.29, 1.82) is 0 Å². The Kier molecular flexibility index (Phi) is 2.62. The summed E-state index contributed by atoms with van der Waals surface area (Å²) in [6, 6.07) is 5.01. The monoisotopic (exact) mass is 321 g/mol. The predicted octanol–water partition coefficient (Wildman–Crippen LogP) is 3.94. The van der Waals surface area contributed by atoms with Crippen molar-refractivity contribution in [2.75, 3.05) is 0 Å². The molecule has 0 bridgehead atoms. The molecule has 1 nitrogen and oxygen atoms in total. The Bertz CT molecular complexity index is 466. The molecule has 0 radical (unpaired) electrons. The highest BCUT2D eigenvalue weighted by Crippen LogP contribution is 2.26. The molecule has 4 heteroatoms. The van der Waals surface area contributed by atoms with Crippen LogP contribution in [0.15, 0.2) is 18.2 Å². The third-order valence-electron chi connectivity index (χ3n) is 1.91. The van der Waals surface area contributed by atoms with E-state index in [0.29, 0.717) is 15.9 Å². The van der Waals surface area contributed by atoms with Crippen molar-refractivity contribution in [3.05, 3.63) is 38.3 Å². The molecule has 0 amide bonds. The van der Waals surface area contributed by atoms with Gasteiger partial charge in [-0.15, -0.1) is 0 Å². The number of rotatable bonds is 0. The van der Waals surface area contributed by atoms with Crippen LogP contribution in [0, 0.1) is 16.3 Å². The lowest BCUT2D eigenvalue weighted by Crippen LogP contribution is -1.89. The highest BCUT2D eigenvalue weighted by atomic mass is 127. The van der Waals surface area contributed by atoms with Gasteiger partial charge >= 0.3 is 0 Å². The van der Waals surface area contributed by atoms with Crippen molar-refractivity contribution in [3.8, 4) is 0 Å². The number of aryl methyl sites for hydroxylation is 1. The standard InChI is InChI=1S/C10H6ClFIN/c1-5-2-8(11)7-3-6(13)4-9(12)10(7)14-5/h2-4H,1H3. The van der Waals surface area contributed by atoms with Crippen molar-refractivity contribution in [2.24, 2.45) is 0 Å². The van der Waals surface area contributed by atoms with Crippen molar-refractivity contribution in [3.63, 3.8) is 0 Å². The third-order valence-corrected chi connectivity index (χ3v) is 2.84. The lowest BCUT2D eigenvalue weighted by Gasteiger charge is -2.03. The van der Waals surface area contributed by atoms with E-state index in [-0.39, 0.29) is 5.82 Å². The largest absolute Gasteiger partial charge is 0.250 e. The maximum Gasteiger partial charge on any atom is 0.150 e. The van der Waals surface area contributed by atoms with Crippen molar-refractivity contribution < 1.29 is 4.39 Å². The molecular formula is C10H6ClFIN. The summed E-state index contributed by atoms with van der Waals surface area (Å²) in [6.07, 6.45) is 0. The van der Waals surface area contributed by atoms with E-state index in [1.807, 2.05) is 6.07 Å². The first kappa shape index (κ1) is 10.1. The number of benzene rings is 1. The Hall–Kier alpha value is -0.420. The Labute approximate surface area is 99.4 Å². The average Bonchev–Trinajstić information content (AvgIpc) is 2.07. The number of nitrogens with zero attached hydrogens (tertiary/aromatic N) is 1. The second-order valence-corrected chi connectivity index (χ2v) is 4.68. The second kappa shape index (κ2) is 3.62. The third kappa shape index (κ3) is 1.70. The summed E-state index contributed by atoms with van der Waals surface area (Å²) >= 11 is 8.05. The predicted molar refractivity (Wildman–Crippen MR) is 64.2 cm³/mol. The van der Waals surface area contributed by atoms with E-state index in [0.717, 1.165) is 9.26 Å². The summed E-state index contributed by atoms with van der Waals surface area (Å²) in [6.45, 7) is 1.79. The molecule has 0 N–H and O–H groups in total. The minimum atomic E-state index is -0.322. The van der Waals surface area contributed by atoms with Gasteiger partial charge in [0.15, 0.2) is 5.82 Å². The van der Waals surface area contributed by atoms with Gasteiger partial charge in [-0.05, 0) is 47.7 Å². The maximum atomic E-state index is 13.5. The van der Waals surface area contributed by atoms with Crippen LogP contribution in [0.4, 0.5) is 4.39 Å². The highest BCUT2D eigenvalue weighted by Gasteiger charge is 2.07. The van der Waals surface area contributed by atoms with Gasteiger partial charge in [-0.1, -0.05) is 11.6 Å². The Morgan fingerprint density at radius 2 is 2.07 bits per heavy atom. The van der Waals surface area contributed by atoms with E-state index in [9.17, 15) is 4.39 Å². The van der Waals surface area contributed by atoms with Crippen LogP contribution in [0.2, 0.25) is 5.02 Å². The SMILES string of the molecule is Cc1cc(Cl)c2cc(I)cc(F)c2n1. The fourth-order valence-corrected chi connectivity index (χ4v) is 2.22. The molecule has 0 aliphatic heterocycles. The van der Waals surface area contributed by atoms with E-state index >= 15 is 0 Å². The Morgan fingerprint density at radius 3 is 2.79 bits per heavy atom. The van der Waals surface area contributed by atoms with Crippen LogP contribution in [0.1, 0.15) is 5.69 Å². The molecule has 1 heterocycles. The highest BCUT2D eigenvalue weighted by molar-refractivity contribution is 14.1. The molecule has 0 atom stereocenters. The zero-order valence-electron chi connectivity index (χ0n) is 7.31. The normalized spacial score (nSPS) is 10.9. The summed E-state index contributed by atoms with van der Waals surface area (Å²) in [4.78, 5) is 4.11. The Morgan fingerprint density at radius 1 is 1.36 bits per heavy atom. The summed E-state index contributed by atoms with van der Waals surface area (Å²) in [5, 5.41) is 1.21. The molecular weight excluding hydrogens is 315 g/mol. The van der Waals surface area contributed by atoms with Crippen molar-refractivity contribution in [2.45, 2.75) is 6.92 Å². The van der Waals surface area contributed by atoms with Gasteiger partial charge in [0.2, 0.25) is 0 Å². The fraction of sp³-hybridized carbons (Fsp3) is 0.100. The van der Waals surface area contributed by atoms with Gasteiger partial charge in [0.1, 0.15) is 5.52 Å². The number of hydrogen-bond acceptors (Lipinski definition) is 1. The average molecular weight is 322 g/mol. The molecule has 2 rings (SSSR count). The number of hydrogen-bond donors (Lipinski definition) is 0. The molecule has 0 saturated carbocycles. The maximum absolute atomic E-state index is 13.5. The smallest absolute Gasteiger partial charge is 0.150 e. The molecule has 0 fully saturated rings. The first-order chi connectivity index (χ1) is 6.58. The van der Waals surface area contributed by atoms with Crippen LogP contribution in [0.25, 0.3) is 10.9 Å². The summed E-state index contributed by atoms with van der Waals surface area (Å²) in [5.41, 5.74) is 1.07. The van der Waals surface area contributed by atoms with E-state index in [2.05, 4.69) is 27.6 Å². The molecule has 0 saturated heterocycles. The lowest BCUT2D eigenvalue weighted by atomic mass is 10.2. The van der Waals surface area contributed by atoms with Gasteiger partial charge in [0.05, 0.1) is 5.02 Å². The molecule has 2 aromatic rings. The zero-order chi connectivity index (χ0) is 10.3. The number of halogens is 3. The van der Waals surface area contributed by atoms with Gasteiger partial charge in [-0.2, -0.15) is 0 Å². The molecule has 0 aliphatic carbocycles. The first-order valence-corrected chi connectivity index (χ1v) is 5.45. The molecule has 1 aromatic carbocycles. The van der Waals surface area contributed by atoms with Crippen LogP contribution in [0.3, 0.4) is 0 Å². The number of fused-ring (bicyclic) bond motifs is 1. The van der Waals surface area contributed by atoms with Crippen molar-refractivity contribution >= 4 is 45.1 Å². The Balaban J connectivity index is 2.94. The molecule has 0 unspecified atom stereocenters. The lowest BCUT2D eigenvalue weighted by molar-refractivity contribution is 0.635. The van der Waals surface area contributed by atoms with E-state index < -0.39 is 0 Å². The summed E-state index contributed by atoms with van der Waals surface area (Å²) in [7, 11) is 0. The van der Waals surface area contributed by atoms with Crippen LogP contribution in [0.5, 0.6) is 0 Å². The van der Waals surface area contributed by atoms with Crippen LogP contribution >= 0.6 is 34.2 Å². The molecule has 0 spiro atoms. The molecule has 14 heavy (non-hydrogen) atoms. The van der Waals surface area contributed by atoms with Gasteiger partial charge in [-0.25, -0.2) is 9.37 Å². The molecule has 72 valence electrons. The van der Waals surface area contributed by atoms with E-state index in [4.69, 9.17) is 11.6 Å². The first-order valence-electron chi connectivity index (χ1n) is 4.00. The molecule has 1 aromatic heterocycles. The topological polar surface area (TPSA) is 12.9 Å². The van der Waals surface area contributed by atoms with E-state index in [1.54, 1.807) is 13.0 Å². The van der Waals surface area contributed by atoms with Gasteiger partial charge in [0.25, 0.3) is 0 Å². The second-order valence-electron chi connectivity index (χ2n) is 3.03. The fourth-order valence-electron chi connectivity index (χ4n) is 1.33. The van der Waals surface area contributed by atoms with Gasteiger partial charge < -0.3 is 0 Å². The minimum Gasteiger partial charge on any atom is -0.250 e.